The smallest absolute Gasteiger partial charge is 0.216 e. The van der Waals surface area contributed by atoms with Crippen molar-refractivity contribution in [1.82, 2.24) is 4.72 Å². The molecule has 2 aromatic rings. The van der Waals surface area contributed by atoms with Crippen molar-refractivity contribution in [1.29, 1.82) is 0 Å². The summed E-state index contributed by atoms with van der Waals surface area (Å²) in [5.74, 6) is 0.673. The molecule has 21 heavy (non-hydrogen) atoms. The standard InChI is InChI=1S/C15H18N2O3S/c1-20-15-8-4-12(5-9-15)10-17-21(18,19)11-13-2-6-14(16)7-3-13/h2-9,17H,10-11,16H2,1H3. The third-order valence-electron chi connectivity index (χ3n) is 2.99. The van der Waals surface area contributed by atoms with Crippen LogP contribution in [0.25, 0.3) is 0 Å². The van der Waals surface area contributed by atoms with E-state index in [2.05, 4.69) is 4.72 Å². The van der Waals surface area contributed by atoms with Crippen LogP contribution in [-0.2, 0) is 22.3 Å². The van der Waals surface area contributed by atoms with Crippen molar-refractivity contribution in [2.24, 2.45) is 0 Å². The molecule has 2 aromatic carbocycles. The molecule has 0 amide bonds. The first-order chi connectivity index (χ1) is 9.98. The molecule has 0 saturated heterocycles. The highest BCUT2D eigenvalue weighted by Crippen LogP contribution is 2.12. The van der Waals surface area contributed by atoms with Gasteiger partial charge in [0, 0.05) is 12.2 Å². The number of hydrogen-bond donors (Lipinski definition) is 2. The summed E-state index contributed by atoms with van der Waals surface area (Å²) in [6.07, 6.45) is 0. The number of ether oxygens (including phenoxy) is 1. The SMILES string of the molecule is COc1ccc(CNS(=O)(=O)Cc2ccc(N)cc2)cc1. The van der Waals surface area contributed by atoms with E-state index in [0.717, 1.165) is 11.3 Å². The van der Waals surface area contributed by atoms with Crippen molar-refractivity contribution in [3.63, 3.8) is 0 Å². The Labute approximate surface area is 124 Å². The van der Waals surface area contributed by atoms with Gasteiger partial charge in [-0.05, 0) is 35.4 Å². The van der Waals surface area contributed by atoms with Crippen molar-refractivity contribution in [2.75, 3.05) is 12.8 Å². The number of anilines is 1. The maximum Gasteiger partial charge on any atom is 0.216 e. The fourth-order valence-electron chi connectivity index (χ4n) is 1.82. The molecule has 5 nitrogen and oxygen atoms in total. The molecule has 0 atom stereocenters. The summed E-state index contributed by atoms with van der Waals surface area (Å²) in [6.45, 7) is 0.251. The molecule has 0 heterocycles. The molecular weight excluding hydrogens is 288 g/mol. The van der Waals surface area contributed by atoms with E-state index in [1.165, 1.54) is 0 Å². The Bertz CT molecular complexity index is 680. The predicted molar refractivity (Wildman–Crippen MR) is 83.3 cm³/mol. The highest BCUT2D eigenvalue weighted by atomic mass is 32.2. The van der Waals surface area contributed by atoms with Gasteiger partial charge in [-0.2, -0.15) is 0 Å². The van der Waals surface area contributed by atoms with Crippen LogP contribution in [0.3, 0.4) is 0 Å². The number of nitrogens with one attached hydrogen (secondary N) is 1. The van der Waals surface area contributed by atoms with Crippen molar-refractivity contribution >= 4 is 15.7 Å². The van der Waals surface area contributed by atoms with Gasteiger partial charge in [0.2, 0.25) is 10.0 Å². The van der Waals surface area contributed by atoms with Gasteiger partial charge in [0.15, 0.2) is 0 Å². The van der Waals surface area contributed by atoms with E-state index in [9.17, 15) is 8.42 Å². The number of benzene rings is 2. The van der Waals surface area contributed by atoms with Gasteiger partial charge in [-0.25, -0.2) is 13.1 Å². The minimum Gasteiger partial charge on any atom is -0.497 e. The van der Waals surface area contributed by atoms with E-state index in [0.29, 0.717) is 11.3 Å². The molecule has 0 aliphatic carbocycles. The van der Waals surface area contributed by atoms with Gasteiger partial charge in [-0.1, -0.05) is 24.3 Å². The number of hydrogen-bond acceptors (Lipinski definition) is 4. The Kier molecular flexibility index (Phi) is 4.82. The number of methoxy groups -OCH3 is 1. The minimum absolute atomic E-state index is 0.0660. The molecule has 2 rings (SSSR count). The first-order valence-electron chi connectivity index (χ1n) is 6.43. The van der Waals surface area contributed by atoms with Crippen LogP contribution in [0.5, 0.6) is 5.75 Å². The Morgan fingerprint density at radius 2 is 1.57 bits per heavy atom. The molecule has 112 valence electrons. The predicted octanol–water partition coefficient (Wildman–Crippen LogP) is 1.90. The topological polar surface area (TPSA) is 81.4 Å². The van der Waals surface area contributed by atoms with Crippen LogP contribution in [0.4, 0.5) is 5.69 Å². The third-order valence-corrected chi connectivity index (χ3v) is 4.29. The first kappa shape index (κ1) is 15.3. The average Bonchev–Trinajstić information content (AvgIpc) is 2.48. The molecular formula is C15H18N2O3S. The largest absolute Gasteiger partial charge is 0.497 e. The van der Waals surface area contributed by atoms with Crippen molar-refractivity contribution in [2.45, 2.75) is 12.3 Å². The Balaban J connectivity index is 1.95. The summed E-state index contributed by atoms with van der Waals surface area (Å²) < 4.78 is 31.7. The Morgan fingerprint density at radius 3 is 2.14 bits per heavy atom. The summed E-state index contributed by atoms with van der Waals surface area (Å²) in [7, 11) is -1.80. The molecule has 0 spiro atoms. The van der Waals surface area contributed by atoms with Gasteiger partial charge in [-0.3, -0.25) is 0 Å². The summed E-state index contributed by atoms with van der Waals surface area (Å²) in [5.41, 5.74) is 7.76. The van der Waals surface area contributed by atoms with Crippen LogP contribution >= 0.6 is 0 Å². The maximum atomic E-state index is 12.0. The third kappa shape index (κ3) is 4.77. The molecule has 0 aliphatic rings. The van der Waals surface area contributed by atoms with Crippen molar-refractivity contribution < 1.29 is 13.2 Å². The number of nitrogen functional groups attached to an aromatic ring is 1. The minimum atomic E-state index is -3.38. The van der Waals surface area contributed by atoms with Gasteiger partial charge in [0.1, 0.15) is 5.75 Å². The molecule has 0 unspecified atom stereocenters. The lowest BCUT2D eigenvalue weighted by atomic mass is 10.2. The molecule has 0 saturated carbocycles. The maximum absolute atomic E-state index is 12.0. The van der Waals surface area contributed by atoms with E-state index >= 15 is 0 Å². The molecule has 0 fully saturated rings. The van der Waals surface area contributed by atoms with Gasteiger partial charge < -0.3 is 10.5 Å². The van der Waals surface area contributed by atoms with Gasteiger partial charge in [0.25, 0.3) is 0 Å². The van der Waals surface area contributed by atoms with Crippen LogP contribution in [-0.4, -0.2) is 15.5 Å². The van der Waals surface area contributed by atoms with Gasteiger partial charge >= 0.3 is 0 Å². The van der Waals surface area contributed by atoms with E-state index in [1.807, 2.05) is 12.1 Å². The van der Waals surface area contributed by atoms with Crippen molar-refractivity contribution in [3.05, 3.63) is 59.7 Å². The molecule has 0 aliphatic heterocycles. The normalized spacial score (nSPS) is 11.3. The van der Waals surface area contributed by atoms with Crippen molar-refractivity contribution in [3.8, 4) is 5.75 Å². The van der Waals surface area contributed by atoms with E-state index in [1.54, 1.807) is 43.5 Å². The average molecular weight is 306 g/mol. The quantitative estimate of drug-likeness (QED) is 0.799. The van der Waals surface area contributed by atoms with E-state index in [-0.39, 0.29) is 12.3 Å². The lowest BCUT2D eigenvalue weighted by molar-refractivity contribution is 0.414. The second-order valence-electron chi connectivity index (χ2n) is 4.67. The molecule has 6 heteroatoms. The number of rotatable bonds is 6. The number of sulfonamides is 1. The summed E-state index contributed by atoms with van der Waals surface area (Å²) >= 11 is 0. The highest BCUT2D eigenvalue weighted by Gasteiger charge is 2.11. The zero-order valence-electron chi connectivity index (χ0n) is 11.7. The molecule has 3 N–H and O–H groups in total. The lowest BCUT2D eigenvalue weighted by Gasteiger charge is -2.08. The highest BCUT2D eigenvalue weighted by molar-refractivity contribution is 7.88. The molecule has 0 aromatic heterocycles. The zero-order valence-corrected chi connectivity index (χ0v) is 12.6. The van der Waals surface area contributed by atoms with Gasteiger partial charge in [0.05, 0.1) is 12.9 Å². The van der Waals surface area contributed by atoms with Gasteiger partial charge in [-0.15, -0.1) is 0 Å². The summed E-state index contributed by atoms with van der Waals surface area (Å²) in [6, 6.07) is 14.0. The zero-order chi connectivity index (χ0) is 15.3. The van der Waals surface area contributed by atoms with Crippen LogP contribution in [0.2, 0.25) is 0 Å². The Hall–Kier alpha value is -2.05. The van der Waals surface area contributed by atoms with Crippen LogP contribution in [0.15, 0.2) is 48.5 Å². The fraction of sp³-hybridized carbons (Fsp3) is 0.200. The molecule has 0 bridgehead atoms. The first-order valence-corrected chi connectivity index (χ1v) is 8.08. The van der Waals surface area contributed by atoms with E-state index in [4.69, 9.17) is 10.5 Å². The van der Waals surface area contributed by atoms with E-state index < -0.39 is 10.0 Å². The summed E-state index contributed by atoms with van der Waals surface area (Å²) in [4.78, 5) is 0. The van der Waals surface area contributed by atoms with Crippen LogP contribution in [0, 0.1) is 0 Å². The van der Waals surface area contributed by atoms with Crippen LogP contribution < -0.4 is 15.2 Å². The second-order valence-corrected chi connectivity index (χ2v) is 6.48. The monoisotopic (exact) mass is 306 g/mol. The van der Waals surface area contributed by atoms with Crippen LogP contribution in [0.1, 0.15) is 11.1 Å². The molecule has 0 radical (unpaired) electrons. The Morgan fingerprint density at radius 1 is 1.00 bits per heavy atom. The lowest BCUT2D eigenvalue weighted by Crippen LogP contribution is -2.24. The second kappa shape index (κ2) is 6.60. The fourth-order valence-corrected chi connectivity index (χ4v) is 2.94. The summed E-state index contributed by atoms with van der Waals surface area (Å²) in [5, 5.41) is 0. The number of nitrogens with two attached hydrogens (primary N) is 1.